The van der Waals surface area contributed by atoms with Gasteiger partial charge in [0.2, 0.25) is 0 Å². The Labute approximate surface area is 98.8 Å². The first-order valence-corrected chi connectivity index (χ1v) is 6.86. The Morgan fingerprint density at radius 2 is 2.00 bits per heavy atom. The molecule has 16 heavy (non-hydrogen) atoms. The summed E-state index contributed by atoms with van der Waals surface area (Å²) < 4.78 is 5.63. The first-order chi connectivity index (χ1) is 7.90. The summed E-state index contributed by atoms with van der Waals surface area (Å²) in [4.78, 5) is 2.47. The Morgan fingerprint density at radius 1 is 1.12 bits per heavy atom. The van der Waals surface area contributed by atoms with Crippen molar-refractivity contribution in [3.05, 3.63) is 0 Å². The summed E-state index contributed by atoms with van der Waals surface area (Å²) in [5.74, 6) is 0. The fourth-order valence-electron chi connectivity index (χ4n) is 2.75. The van der Waals surface area contributed by atoms with Gasteiger partial charge < -0.3 is 9.84 Å². The van der Waals surface area contributed by atoms with Gasteiger partial charge in [0.05, 0.1) is 12.7 Å². The van der Waals surface area contributed by atoms with Gasteiger partial charge in [0.1, 0.15) is 0 Å². The van der Waals surface area contributed by atoms with Crippen molar-refractivity contribution in [3.8, 4) is 0 Å². The summed E-state index contributed by atoms with van der Waals surface area (Å²) in [6.45, 7) is 3.27. The van der Waals surface area contributed by atoms with Crippen molar-refractivity contribution in [2.24, 2.45) is 0 Å². The molecule has 2 rings (SSSR count). The Bertz CT molecular complexity index is 188. The van der Waals surface area contributed by atoms with Gasteiger partial charge in [-0.3, -0.25) is 4.90 Å². The van der Waals surface area contributed by atoms with E-state index in [1.807, 2.05) is 0 Å². The largest absolute Gasteiger partial charge is 0.395 e. The smallest absolute Gasteiger partial charge is 0.0576 e. The number of hydrogen-bond donors (Lipinski definition) is 1. The van der Waals surface area contributed by atoms with Crippen molar-refractivity contribution in [3.63, 3.8) is 0 Å². The van der Waals surface area contributed by atoms with Crippen molar-refractivity contribution < 1.29 is 9.84 Å². The van der Waals surface area contributed by atoms with Crippen LogP contribution in [0, 0.1) is 0 Å². The minimum atomic E-state index is 0.302. The zero-order chi connectivity index (χ0) is 11.2. The monoisotopic (exact) mass is 227 g/mol. The molecule has 1 aliphatic heterocycles. The molecule has 1 atom stereocenters. The summed E-state index contributed by atoms with van der Waals surface area (Å²) in [6.07, 6.45) is 9.49. The second kappa shape index (κ2) is 6.58. The summed E-state index contributed by atoms with van der Waals surface area (Å²) in [5.41, 5.74) is 0. The molecule has 1 saturated carbocycles. The molecule has 2 aliphatic rings. The molecule has 1 aliphatic carbocycles. The van der Waals surface area contributed by atoms with Crippen LogP contribution >= 0.6 is 0 Å². The third-order valence-electron chi connectivity index (χ3n) is 3.97. The van der Waals surface area contributed by atoms with E-state index in [0.717, 1.165) is 25.7 Å². The quantitative estimate of drug-likeness (QED) is 0.720. The fourth-order valence-corrected chi connectivity index (χ4v) is 2.75. The van der Waals surface area contributed by atoms with E-state index in [9.17, 15) is 0 Å². The van der Waals surface area contributed by atoms with E-state index in [4.69, 9.17) is 9.84 Å². The van der Waals surface area contributed by atoms with Crippen LogP contribution in [0.25, 0.3) is 0 Å². The lowest BCUT2D eigenvalue weighted by Gasteiger charge is -2.37. The standard InChI is InChI=1S/C13H25NO2/c15-10-9-14(12-4-1-5-12)8-2-6-13-7-3-11-16-13/h12-13,15H,1-11H2. The molecule has 1 heterocycles. The highest BCUT2D eigenvalue weighted by atomic mass is 16.5. The molecule has 3 nitrogen and oxygen atoms in total. The Hall–Kier alpha value is -0.120. The summed E-state index contributed by atoms with van der Waals surface area (Å²) in [7, 11) is 0. The van der Waals surface area contributed by atoms with Gasteiger partial charge in [0.15, 0.2) is 0 Å². The predicted molar refractivity (Wildman–Crippen MR) is 64.5 cm³/mol. The van der Waals surface area contributed by atoms with Crippen LogP contribution in [0.2, 0.25) is 0 Å². The molecular formula is C13H25NO2. The van der Waals surface area contributed by atoms with E-state index in [0.29, 0.717) is 12.7 Å². The molecule has 94 valence electrons. The Morgan fingerprint density at radius 3 is 2.56 bits per heavy atom. The molecule has 0 amide bonds. The predicted octanol–water partition coefficient (Wildman–Crippen LogP) is 1.79. The average molecular weight is 227 g/mol. The van der Waals surface area contributed by atoms with Crippen LogP contribution in [0.4, 0.5) is 0 Å². The van der Waals surface area contributed by atoms with Gasteiger partial charge in [-0.2, -0.15) is 0 Å². The van der Waals surface area contributed by atoms with Crippen LogP contribution in [-0.2, 0) is 4.74 Å². The van der Waals surface area contributed by atoms with Gasteiger partial charge in [0.25, 0.3) is 0 Å². The third kappa shape index (κ3) is 3.44. The van der Waals surface area contributed by atoms with Crippen molar-refractivity contribution in [1.29, 1.82) is 0 Å². The highest BCUT2D eigenvalue weighted by Crippen LogP contribution is 2.25. The topological polar surface area (TPSA) is 32.7 Å². The van der Waals surface area contributed by atoms with Gasteiger partial charge >= 0.3 is 0 Å². The van der Waals surface area contributed by atoms with Crippen LogP contribution in [0.3, 0.4) is 0 Å². The van der Waals surface area contributed by atoms with E-state index in [1.165, 1.54) is 44.9 Å². The normalized spacial score (nSPS) is 26.2. The molecule has 1 unspecified atom stereocenters. The van der Waals surface area contributed by atoms with Crippen molar-refractivity contribution in [1.82, 2.24) is 4.90 Å². The number of aliphatic hydroxyl groups is 1. The maximum Gasteiger partial charge on any atom is 0.0576 e. The second-order valence-electron chi connectivity index (χ2n) is 5.12. The fraction of sp³-hybridized carbons (Fsp3) is 1.00. The van der Waals surface area contributed by atoms with E-state index < -0.39 is 0 Å². The molecule has 0 aromatic rings. The van der Waals surface area contributed by atoms with Crippen LogP contribution in [0.1, 0.15) is 44.9 Å². The molecule has 0 aromatic heterocycles. The first kappa shape index (κ1) is 12.3. The Kier molecular flexibility index (Phi) is 5.07. The van der Waals surface area contributed by atoms with Gasteiger partial charge in [0, 0.05) is 19.2 Å². The maximum atomic E-state index is 9.05. The molecule has 1 N–H and O–H groups in total. The molecule has 1 saturated heterocycles. The minimum absolute atomic E-state index is 0.302. The molecular weight excluding hydrogens is 202 g/mol. The zero-order valence-corrected chi connectivity index (χ0v) is 10.2. The average Bonchev–Trinajstić information content (AvgIpc) is 2.68. The van der Waals surface area contributed by atoms with Crippen molar-refractivity contribution in [2.45, 2.75) is 57.1 Å². The van der Waals surface area contributed by atoms with E-state index in [-0.39, 0.29) is 0 Å². The van der Waals surface area contributed by atoms with Gasteiger partial charge in [-0.25, -0.2) is 0 Å². The third-order valence-corrected chi connectivity index (χ3v) is 3.97. The number of ether oxygens (including phenoxy) is 1. The van der Waals surface area contributed by atoms with Crippen molar-refractivity contribution in [2.75, 3.05) is 26.3 Å². The number of rotatable bonds is 7. The van der Waals surface area contributed by atoms with E-state index >= 15 is 0 Å². The first-order valence-electron chi connectivity index (χ1n) is 6.86. The van der Waals surface area contributed by atoms with Gasteiger partial charge in [-0.15, -0.1) is 0 Å². The summed E-state index contributed by atoms with van der Waals surface area (Å²) >= 11 is 0. The maximum absolute atomic E-state index is 9.05. The van der Waals surface area contributed by atoms with Crippen LogP contribution < -0.4 is 0 Å². The molecule has 0 aromatic carbocycles. The summed E-state index contributed by atoms with van der Waals surface area (Å²) in [6, 6.07) is 0.761. The highest BCUT2D eigenvalue weighted by Gasteiger charge is 2.24. The number of hydrogen-bond acceptors (Lipinski definition) is 3. The lowest BCUT2D eigenvalue weighted by Crippen LogP contribution is -2.42. The van der Waals surface area contributed by atoms with E-state index in [2.05, 4.69) is 4.90 Å². The minimum Gasteiger partial charge on any atom is -0.395 e. The molecule has 2 fully saturated rings. The van der Waals surface area contributed by atoms with Crippen LogP contribution in [-0.4, -0.2) is 48.5 Å². The molecule has 0 spiro atoms. The Balaban J connectivity index is 1.60. The van der Waals surface area contributed by atoms with E-state index in [1.54, 1.807) is 0 Å². The number of nitrogens with zero attached hydrogens (tertiary/aromatic N) is 1. The second-order valence-corrected chi connectivity index (χ2v) is 5.12. The lowest BCUT2D eigenvalue weighted by atomic mass is 9.91. The molecule has 0 bridgehead atoms. The number of aliphatic hydroxyl groups excluding tert-OH is 1. The van der Waals surface area contributed by atoms with Gasteiger partial charge in [-0.05, 0) is 45.1 Å². The van der Waals surface area contributed by atoms with Crippen molar-refractivity contribution >= 4 is 0 Å². The molecule has 3 heteroatoms. The van der Waals surface area contributed by atoms with Crippen LogP contribution in [0.5, 0.6) is 0 Å². The van der Waals surface area contributed by atoms with Crippen LogP contribution in [0.15, 0.2) is 0 Å². The lowest BCUT2D eigenvalue weighted by molar-refractivity contribution is 0.0787. The van der Waals surface area contributed by atoms with Gasteiger partial charge in [-0.1, -0.05) is 6.42 Å². The zero-order valence-electron chi connectivity index (χ0n) is 10.2. The SMILES string of the molecule is OCCN(CCCC1CCCO1)C1CCC1. The highest BCUT2D eigenvalue weighted by molar-refractivity contribution is 4.80. The summed E-state index contributed by atoms with van der Waals surface area (Å²) in [5, 5.41) is 9.05. The molecule has 0 radical (unpaired) electrons.